The summed E-state index contributed by atoms with van der Waals surface area (Å²) in [6.07, 6.45) is 1.69. The summed E-state index contributed by atoms with van der Waals surface area (Å²) in [6.45, 7) is 2.23. The molecular formula is C18H19BrO4. The first kappa shape index (κ1) is 15.5. The van der Waals surface area contributed by atoms with E-state index in [1.54, 1.807) is 0 Å². The van der Waals surface area contributed by atoms with Crippen LogP contribution in [0, 0.1) is 11.3 Å². The van der Waals surface area contributed by atoms with E-state index in [-0.39, 0.29) is 17.7 Å². The Morgan fingerprint density at radius 1 is 1.30 bits per heavy atom. The summed E-state index contributed by atoms with van der Waals surface area (Å²) in [7, 11) is 0. The molecule has 4 rings (SSSR count). The van der Waals surface area contributed by atoms with Gasteiger partial charge in [0.1, 0.15) is 5.78 Å². The molecule has 1 aromatic carbocycles. The van der Waals surface area contributed by atoms with Crippen molar-refractivity contribution in [2.75, 3.05) is 0 Å². The topological polar surface area (TPSA) is 52.6 Å². The summed E-state index contributed by atoms with van der Waals surface area (Å²) in [5, 5.41) is 0. The molecule has 0 radical (unpaired) electrons. The van der Waals surface area contributed by atoms with E-state index in [0.29, 0.717) is 19.4 Å². The van der Waals surface area contributed by atoms with Crippen LogP contribution >= 0.6 is 15.9 Å². The van der Waals surface area contributed by atoms with E-state index in [0.717, 1.165) is 12.0 Å². The van der Waals surface area contributed by atoms with Crippen molar-refractivity contribution in [2.24, 2.45) is 11.3 Å². The molecule has 2 aliphatic heterocycles. The summed E-state index contributed by atoms with van der Waals surface area (Å²) in [5.41, 5.74) is 0.236. The second-order valence-electron chi connectivity index (χ2n) is 6.97. The predicted octanol–water partition coefficient (Wildman–Crippen LogP) is 3.02. The highest BCUT2D eigenvalue weighted by molar-refractivity contribution is 9.10. The highest BCUT2D eigenvalue weighted by Gasteiger charge is 2.74. The average Bonchev–Trinajstić information content (AvgIpc) is 2.74. The third-order valence-electron chi connectivity index (χ3n) is 5.65. The zero-order chi connectivity index (χ0) is 16.2. The van der Waals surface area contributed by atoms with E-state index < -0.39 is 21.9 Å². The third-order valence-corrected chi connectivity index (χ3v) is 6.59. The Morgan fingerprint density at radius 2 is 2.04 bits per heavy atom. The van der Waals surface area contributed by atoms with Crippen LogP contribution in [0.3, 0.4) is 0 Å². The Kier molecular flexibility index (Phi) is 3.52. The number of Topliss-reactive ketones (excluding diaryl/α,β-unsaturated/α-hetero) is 2. The quantitative estimate of drug-likeness (QED) is 0.758. The smallest absolute Gasteiger partial charge is 0.192 e. The van der Waals surface area contributed by atoms with Crippen LogP contribution in [0.15, 0.2) is 30.3 Å². The highest BCUT2D eigenvalue weighted by atomic mass is 79.9. The SMILES string of the molecule is CC12CCC3CC(=O)[C@@H]([C@H](Br)C1=O)C2(OCc1ccccc1)O3. The van der Waals surface area contributed by atoms with Crippen molar-refractivity contribution < 1.29 is 19.1 Å². The van der Waals surface area contributed by atoms with E-state index in [9.17, 15) is 9.59 Å². The van der Waals surface area contributed by atoms with E-state index in [1.807, 2.05) is 37.3 Å². The Hall–Kier alpha value is -1.04. The lowest BCUT2D eigenvalue weighted by molar-refractivity contribution is -0.345. The van der Waals surface area contributed by atoms with Gasteiger partial charge < -0.3 is 9.47 Å². The lowest BCUT2D eigenvalue weighted by Gasteiger charge is -2.52. The molecule has 1 aliphatic carbocycles. The summed E-state index contributed by atoms with van der Waals surface area (Å²) in [6, 6.07) is 9.78. The maximum absolute atomic E-state index is 12.9. The summed E-state index contributed by atoms with van der Waals surface area (Å²) in [5.74, 6) is -1.58. The number of benzene rings is 1. The van der Waals surface area contributed by atoms with Crippen molar-refractivity contribution >= 4 is 27.5 Å². The molecule has 2 heterocycles. The van der Waals surface area contributed by atoms with Crippen LogP contribution in [0.25, 0.3) is 0 Å². The van der Waals surface area contributed by atoms with Crippen LogP contribution in [-0.4, -0.2) is 28.3 Å². The van der Waals surface area contributed by atoms with Gasteiger partial charge in [-0.15, -0.1) is 0 Å². The van der Waals surface area contributed by atoms with E-state index in [2.05, 4.69) is 15.9 Å². The highest BCUT2D eigenvalue weighted by Crippen LogP contribution is 2.61. The molecule has 23 heavy (non-hydrogen) atoms. The minimum Gasteiger partial charge on any atom is -0.344 e. The number of halogens is 1. The van der Waals surface area contributed by atoms with Crippen LogP contribution in [0.1, 0.15) is 31.7 Å². The van der Waals surface area contributed by atoms with Crippen molar-refractivity contribution in [3.05, 3.63) is 35.9 Å². The number of ketones is 2. The van der Waals surface area contributed by atoms with Crippen LogP contribution in [0.4, 0.5) is 0 Å². The molecule has 0 N–H and O–H groups in total. The molecular weight excluding hydrogens is 360 g/mol. The predicted molar refractivity (Wildman–Crippen MR) is 87.0 cm³/mol. The molecule has 3 unspecified atom stereocenters. The molecule has 3 aliphatic rings. The van der Waals surface area contributed by atoms with Gasteiger partial charge in [0.2, 0.25) is 0 Å². The van der Waals surface area contributed by atoms with Crippen LogP contribution in [-0.2, 0) is 25.7 Å². The molecule has 5 heteroatoms. The Balaban J connectivity index is 1.73. The van der Waals surface area contributed by atoms with E-state index >= 15 is 0 Å². The fourth-order valence-electron chi connectivity index (χ4n) is 4.34. The molecule has 3 fully saturated rings. The monoisotopic (exact) mass is 378 g/mol. The Morgan fingerprint density at radius 3 is 2.78 bits per heavy atom. The number of rotatable bonds is 3. The molecule has 122 valence electrons. The molecule has 0 aromatic heterocycles. The number of carbonyl (C=O) groups excluding carboxylic acids is 2. The third kappa shape index (κ3) is 2.03. The van der Waals surface area contributed by atoms with E-state index in [4.69, 9.17) is 9.47 Å². The first-order valence-corrected chi connectivity index (χ1v) is 8.96. The number of carbonyl (C=O) groups is 2. The van der Waals surface area contributed by atoms with Crippen molar-refractivity contribution in [3.63, 3.8) is 0 Å². The van der Waals surface area contributed by atoms with Crippen LogP contribution in [0.2, 0.25) is 0 Å². The zero-order valence-corrected chi connectivity index (χ0v) is 14.5. The Labute approximate surface area is 143 Å². The average molecular weight is 379 g/mol. The van der Waals surface area contributed by atoms with Gasteiger partial charge >= 0.3 is 0 Å². The molecule has 2 bridgehead atoms. The van der Waals surface area contributed by atoms with Gasteiger partial charge in [-0.05, 0) is 25.3 Å². The second-order valence-corrected chi connectivity index (χ2v) is 7.95. The van der Waals surface area contributed by atoms with Gasteiger partial charge in [0.25, 0.3) is 0 Å². The molecule has 1 aromatic rings. The minimum absolute atomic E-state index is 0.0317. The molecule has 0 amide bonds. The Bertz CT molecular complexity index is 660. The second kappa shape index (κ2) is 5.23. The van der Waals surface area contributed by atoms with Crippen molar-refractivity contribution in [2.45, 2.75) is 49.5 Å². The number of hydrogen-bond donors (Lipinski definition) is 0. The van der Waals surface area contributed by atoms with Crippen molar-refractivity contribution in [1.82, 2.24) is 0 Å². The first-order valence-electron chi connectivity index (χ1n) is 8.05. The number of fused-ring (bicyclic) bond motifs is 1. The van der Waals surface area contributed by atoms with E-state index in [1.165, 1.54) is 0 Å². The van der Waals surface area contributed by atoms with Gasteiger partial charge in [-0.1, -0.05) is 46.3 Å². The number of alkyl halides is 1. The van der Waals surface area contributed by atoms with Crippen LogP contribution < -0.4 is 0 Å². The van der Waals surface area contributed by atoms with Crippen molar-refractivity contribution in [3.8, 4) is 0 Å². The molecule has 0 spiro atoms. The summed E-state index contributed by atoms with van der Waals surface area (Å²) in [4.78, 5) is 25.0. The number of ether oxygens (including phenoxy) is 2. The lowest BCUT2D eigenvalue weighted by atomic mass is 9.70. The number of hydrogen-bond acceptors (Lipinski definition) is 4. The summed E-state index contributed by atoms with van der Waals surface area (Å²) >= 11 is 3.45. The van der Waals surface area contributed by atoms with Crippen molar-refractivity contribution in [1.29, 1.82) is 0 Å². The van der Waals surface area contributed by atoms with Crippen LogP contribution in [0.5, 0.6) is 0 Å². The molecule has 4 nitrogen and oxygen atoms in total. The van der Waals surface area contributed by atoms with Gasteiger partial charge in [0, 0.05) is 6.42 Å². The largest absolute Gasteiger partial charge is 0.344 e. The molecule has 2 saturated heterocycles. The maximum atomic E-state index is 12.9. The van der Waals surface area contributed by atoms with Gasteiger partial charge in [-0.3, -0.25) is 9.59 Å². The van der Waals surface area contributed by atoms with Gasteiger partial charge in [-0.2, -0.15) is 0 Å². The zero-order valence-electron chi connectivity index (χ0n) is 13.0. The standard InChI is InChI=1S/C18H19BrO4/c1-17-8-7-12-9-13(20)14(15(19)16(17)21)18(17,23-12)22-10-11-5-3-2-4-6-11/h2-6,12,14-15H,7-10H2,1H3/t12?,14-,15-,17?,18?/m0/s1. The molecule has 1 saturated carbocycles. The fraction of sp³-hybridized carbons (Fsp3) is 0.556. The maximum Gasteiger partial charge on any atom is 0.192 e. The van der Waals surface area contributed by atoms with Gasteiger partial charge in [-0.25, -0.2) is 0 Å². The van der Waals surface area contributed by atoms with Gasteiger partial charge in [0.05, 0.1) is 28.9 Å². The van der Waals surface area contributed by atoms with Gasteiger partial charge in [0.15, 0.2) is 11.6 Å². The molecule has 5 atom stereocenters. The summed E-state index contributed by atoms with van der Waals surface area (Å²) < 4.78 is 12.5. The minimum atomic E-state index is -1.13. The first-order chi connectivity index (χ1) is 11.0. The normalized spacial score (nSPS) is 42.1. The lowest BCUT2D eigenvalue weighted by Crippen LogP contribution is -2.62. The fourth-order valence-corrected chi connectivity index (χ4v) is 5.49.